The van der Waals surface area contributed by atoms with Crippen LogP contribution in [-0.4, -0.2) is 52.5 Å². The third kappa shape index (κ3) is 18.8. The number of amides is 1. The van der Waals surface area contributed by atoms with E-state index >= 15 is 0 Å². The Morgan fingerprint density at radius 3 is 2.09 bits per heavy atom. The van der Waals surface area contributed by atoms with Gasteiger partial charge in [-0.25, -0.2) is 0 Å². The number of aliphatic hydroxyl groups excluding tert-OH is 2. The van der Waals surface area contributed by atoms with Crippen molar-refractivity contribution in [3.63, 3.8) is 0 Å². The predicted molar refractivity (Wildman–Crippen MR) is 87.5 cm³/mol. The summed E-state index contributed by atoms with van der Waals surface area (Å²) < 4.78 is 0. The van der Waals surface area contributed by atoms with Crippen molar-refractivity contribution in [3.8, 4) is 0 Å². The molecule has 2 atom stereocenters. The van der Waals surface area contributed by atoms with Crippen LogP contribution in [0.5, 0.6) is 0 Å². The molecule has 0 aliphatic heterocycles. The maximum Gasteiger partial charge on any atom is 0.320 e. The summed E-state index contributed by atoms with van der Waals surface area (Å²) in [6, 6.07) is -1.00. The first-order valence-corrected chi connectivity index (χ1v) is 8.01. The molecule has 0 saturated carbocycles. The van der Waals surface area contributed by atoms with Crippen molar-refractivity contribution in [1.82, 2.24) is 5.32 Å². The molecule has 0 saturated heterocycles. The Morgan fingerprint density at radius 1 is 1.09 bits per heavy atom. The normalized spacial score (nSPS) is 12.0. The second kappa shape index (κ2) is 19.8. The van der Waals surface area contributed by atoms with E-state index in [1.165, 1.54) is 0 Å². The van der Waals surface area contributed by atoms with Gasteiger partial charge >= 0.3 is 5.97 Å². The molecule has 0 spiro atoms. The number of carbonyl (C=O) groups excluding carboxylic acids is 1. The topological polar surface area (TPSA) is 133 Å². The van der Waals surface area contributed by atoms with E-state index in [1.807, 2.05) is 27.7 Å². The molecular formula is C15H34N2O5. The molecule has 7 nitrogen and oxygen atoms in total. The Bertz CT molecular complexity index is 262. The number of aliphatic hydroxyl groups is 2. The molecule has 7 heteroatoms. The highest BCUT2D eigenvalue weighted by Gasteiger charge is 2.13. The minimum atomic E-state index is -1.11. The lowest BCUT2D eigenvalue weighted by atomic mass is 10.1. The zero-order chi connectivity index (χ0) is 18.0. The summed E-state index contributed by atoms with van der Waals surface area (Å²) in [5.41, 5.74) is 5.26. The Balaban J connectivity index is -0.000000826. The molecule has 0 rings (SSSR count). The second-order valence-corrected chi connectivity index (χ2v) is 4.17. The van der Waals surface area contributed by atoms with Gasteiger partial charge in [-0.3, -0.25) is 9.59 Å². The SMILES string of the molecule is CC.CC.NC(CCC(=O)NCCCCC(O)CO)C(=O)O. The van der Waals surface area contributed by atoms with Crippen molar-refractivity contribution < 1.29 is 24.9 Å². The average molecular weight is 322 g/mol. The van der Waals surface area contributed by atoms with E-state index in [-0.39, 0.29) is 25.4 Å². The Morgan fingerprint density at radius 2 is 1.64 bits per heavy atom. The zero-order valence-corrected chi connectivity index (χ0v) is 14.3. The first-order valence-electron chi connectivity index (χ1n) is 8.01. The Kier molecular flexibility index (Phi) is 23.2. The van der Waals surface area contributed by atoms with Gasteiger partial charge in [0.1, 0.15) is 6.04 Å². The van der Waals surface area contributed by atoms with Gasteiger partial charge in [0.25, 0.3) is 0 Å². The van der Waals surface area contributed by atoms with Gasteiger partial charge in [-0.2, -0.15) is 0 Å². The van der Waals surface area contributed by atoms with Crippen LogP contribution in [0.15, 0.2) is 0 Å². The maximum atomic E-state index is 11.3. The smallest absolute Gasteiger partial charge is 0.320 e. The molecule has 0 aliphatic rings. The fourth-order valence-corrected chi connectivity index (χ4v) is 1.32. The standard InChI is InChI=1S/C11H22N2O5.2C2H6/c12-9(11(17)18)4-5-10(16)13-6-2-1-3-8(15)7-14;2*1-2/h8-9,14-15H,1-7,12H2,(H,13,16)(H,17,18);2*1-2H3. The van der Waals surface area contributed by atoms with Crippen LogP contribution in [0.1, 0.15) is 59.8 Å². The molecule has 134 valence electrons. The van der Waals surface area contributed by atoms with Crippen LogP contribution in [0.25, 0.3) is 0 Å². The number of hydrogen-bond acceptors (Lipinski definition) is 5. The first kappa shape index (κ1) is 25.8. The van der Waals surface area contributed by atoms with E-state index in [2.05, 4.69) is 5.32 Å². The molecule has 0 aliphatic carbocycles. The second-order valence-electron chi connectivity index (χ2n) is 4.17. The van der Waals surface area contributed by atoms with Crippen LogP contribution in [0.4, 0.5) is 0 Å². The molecule has 0 radical (unpaired) electrons. The van der Waals surface area contributed by atoms with Crippen molar-refractivity contribution in [3.05, 3.63) is 0 Å². The summed E-state index contributed by atoms with van der Waals surface area (Å²) in [7, 11) is 0. The lowest BCUT2D eigenvalue weighted by Crippen LogP contribution is -2.33. The maximum absolute atomic E-state index is 11.3. The molecule has 6 N–H and O–H groups in total. The highest BCUT2D eigenvalue weighted by Crippen LogP contribution is 2.00. The summed E-state index contributed by atoms with van der Waals surface area (Å²) in [6.07, 6.45) is 1.41. The van der Waals surface area contributed by atoms with Crippen molar-refractivity contribution >= 4 is 11.9 Å². The third-order valence-corrected chi connectivity index (χ3v) is 2.50. The Labute approximate surface area is 133 Å². The van der Waals surface area contributed by atoms with Gasteiger partial charge in [-0.15, -0.1) is 0 Å². The zero-order valence-electron chi connectivity index (χ0n) is 14.3. The van der Waals surface area contributed by atoms with Crippen LogP contribution >= 0.6 is 0 Å². The van der Waals surface area contributed by atoms with Crippen LogP contribution in [0, 0.1) is 0 Å². The molecule has 22 heavy (non-hydrogen) atoms. The van der Waals surface area contributed by atoms with Gasteiger partial charge in [0.15, 0.2) is 0 Å². The molecule has 1 amide bonds. The van der Waals surface area contributed by atoms with Crippen LogP contribution in [0.3, 0.4) is 0 Å². The third-order valence-electron chi connectivity index (χ3n) is 2.50. The monoisotopic (exact) mass is 322 g/mol. The van der Waals surface area contributed by atoms with Crippen molar-refractivity contribution in [2.75, 3.05) is 13.2 Å². The van der Waals surface area contributed by atoms with E-state index in [9.17, 15) is 9.59 Å². The van der Waals surface area contributed by atoms with Crippen LogP contribution < -0.4 is 11.1 Å². The fraction of sp³-hybridized carbons (Fsp3) is 0.867. The van der Waals surface area contributed by atoms with E-state index in [4.69, 9.17) is 21.1 Å². The van der Waals surface area contributed by atoms with E-state index < -0.39 is 18.1 Å². The lowest BCUT2D eigenvalue weighted by molar-refractivity contribution is -0.138. The molecule has 0 fully saturated rings. The minimum absolute atomic E-state index is 0.0900. The van der Waals surface area contributed by atoms with Gasteiger partial charge < -0.3 is 26.4 Å². The largest absolute Gasteiger partial charge is 0.480 e. The molecule has 0 aromatic rings. The van der Waals surface area contributed by atoms with Crippen molar-refractivity contribution in [2.24, 2.45) is 5.73 Å². The van der Waals surface area contributed by atoms with E-state index in [0.29, 0.717) is 25.8 Å². The number of unbranched alkanes of at least 4 members (excludes halogenated alkanes) is 1. The number of rotatable bonds is 10. The van der Waals surface area contributed by atoms with E-state index in [1.54, 1.807) is 0 Å². The molecular weight excluding hydrogens is 288 g/mol. The average Bonchev–Trinajstić information content (AvgIpc) is 2.55. The Hall–Kier alpha value is -1.18. The van der Waals surface area contributed by atoms with Crippen molar-refractivity contribution in [1.29, 1.82) is 0 Å². The number of carboxylic acids is 1. The number of hydrogen-bond donors (Lipinski definition) is 5. The molecule has 0 bridgehead atoms. The number of nitrogens with two attached hydrogens (primary N) is 1. The number of carboxylic acid groups (broad SMARTS) is 1. The first-order chi connectivity index (χ1) is 10.5. The molecule has 0 heterocycles. The van der Waals surface area contributed by atoms with E-state index in [0.717, 1.165) is 0 Å². The van der Waals surface area contributed by atoms with Gasteiger partial charge in [-0.1, -0.05) is 27.7 Å². The highest BCUT2D eigenvalue weighted by atomic mass is 16.4. The quantitative estimate of drug-likeness (QED) is 0.379. The minimum Gasteiger partial charge on any atom is -0.480 e. The fourth-order valence-electron chi connectivity index (χ4n) is 1.32. The lowest BCUT2D eigenvalue weighted by Gasteiger charge is -2.08. The predicted octanol–water partition coefficient (Wildman–Crippen LogP) is 0.871. The van der Waals surface area contributed by atoms with Crippen LogP contribution in [0.2, 0.25) is 0 Å². The van der Waals surface area contributed by atoms with Gasteiger partial charge in [0.05, 0.1) is 12.7 Å². The summed E-state index contributed by atoms with van der Waals surface area (Å²) in [5.74, 6) is -1.34. The van der Waals surface area contributed by atoms with Gasteiger partial charge in [-0.05, 0) is 25.7 Å². The van der Waals surface area contributed by atoms with Crippen molar-refractivity contribution in [2.45, 2.75) is 71.9 Å². The summed E-state index contributed by atoms with van der Waals surface area (Å²) in [4.78, 5) is 21.7. The summed E-state index contributed by atoms with van der Waals surface area (Å²) >= 11 is 0. The number of carbonyl (C=O) groups is 2. The highest BCUT2D eigenvalue weighted by molar-refractivity contribution is 5.78. The van der Waals surface area contributed by atoms with Gasteiger partial charge in [0.2, 0.25) is 5.91 Å². The number of nitrogens with one attached hydrogen (secondary N) is 1. The molecule has 2 unspecified atom stereocenters. The molecule has 0 aromatic heterocycles. The number of aliphatic carboxylic acids is 1. The summed E-state index contributed by atoms with van der Waals surface area (Å²) in [5, 5.41) is 28.8. The summed E-state index contributed by atoms with van der Waals surface area (Å²) in [6.45, 7) is 8.22. The molecule has 0 aromatic carbocycles. The van der Waals surface area contributed by atoms with Crippen LogP contribution in [-0.2, 0) is 9.59 Å². The van der Waals surface area contributed by atoms with Gasteiger partial charge in [0, 0.05) is 13.0 Å².